The van der Waals surface area contributed by atoms with Crippen molar-refractivity contribution in [2.45, 2.75) is 40.0 Å². The third-order valence-corrected chi connectivity index (χ3v) is 4.17. The van der Waals surface area contributed by atoms with Crippen molar-refractivity contribution in [1.29, 1.82) is 0 Å². The lowest BCUT2D eigenvalue weighted by molar-refractivity contribution is -0.116. The van der Waals surface area contributed by atoms with Gasteiger partial charge in [0.2, 0.25) is 0 Å². The van der Waals surface area contributed by atoms with Crippen LogP contribution in [0, 0.1) is 6.92 Å². The molecule has 0 saturated heterocycles. The average molecular weight is 335 g/mol. The van der Waals surface area contributed by atoms with Gasteiger partial charge < -0.3 is 0 Å². The zero-order valence-corrected chi connectivity index (χ0v) is 13.9. The molecule has 3 nitrogen and oxygen atoms in total. The Kier molecular flexibility index (Phi) is 4.43. The summed E-state index contributed by atoms with van der Waals surface area (Å²) >= 11 is 3.56. The number of aromatic nitrogens is 2. The van der Waals surface area contributed by atoms with Gasteiger partial charge >= 0.3 is 0 Å². The minimum Gasteiger partial charge on any atom is -0.300 e. The lowest BCUT2D eigenvalue weighted by Crippen LogP contribution is -1.99. The lowest BCUT2D eigenvalue weighted by Gasteiger charge is -2.08. The second kappa shape index (κ2) is 5.92. The molecule has 4 heteroatoms. The van der Waals surface area contributed by atoms with Crippen LogP contribution in [0.2, 0.25) is 0 Å². The lowest BCUT2D eigenvalue weighted by atomic mass is 10.0. The summed E-state index contributed by atoms with van der Waals surface area (Å²) in [4.78, 5) is 11.3. The van der Waals surface area contributed by atoms with Crippen LogP contribution in [0.15, 0.2) is 28.9 Å². The molecule has 0 N–H and O–H groups in total. The molecule has 2 rings (SSSR count). The Hall–Kier alpha value is -1.42. The van der Waals surface area contributed by atoms with E-state index < -0.39 is 0 Å². The van der Waals surface area contributed by atoms with Crippen LogP contribution in [0.3, 0.4) is 0 Å². The smallest absolute Gasteiger partial charge is 0.134 e. The van der Waals surface area contributed by atoms with Crippen LogP contribution in [0.5, 0.6) is 0 Å². The molecule has 0 radical (unpaired) electrons. The van der Waals surface area contributed by atoms with Gasteiger partial charge in [-0.25, -0.2) is 4.68 Å². The molecule has 0 bridgehead atoms. The molecule has 1 heterocycles. The maximum Gasteiger partial charge on any atom is 0.134 e. The Labute approximate surface area is 128 Å². The Balaban J connectivity index is 2.40. The predicted molar refractivity (Wildman–Crippen MR) is 84.5 cm³/mol. The highest BCUT2D eigenvalue weighted by Gasteiger charge is 2.15. The van der Waals surface area contributed by atoms with Gasteiger partial charge in [-0.1, -0.05) is 26.0 Å². The summed E-state index contributed by atoms with van der Waals surface area (Å²) in [5.74, 6) is 0.656. The number of hydrogen-bond donors (Lipinski definition) is 0. The van der Waals surface area contributed by atoms with Gasteiger partial charge in [-0.15, -0.1) is 0 Å². The normalized spacial score (nSPS) is 11.1. The molecule has 0 saturated carbocycles. The van der Waals surface area contributed by atoms with Gasteiger partial charge in [0, 0.05) is 12.0 Å². The van der Waals surface area contributed by atoms with Crippen molar-refractivity contribution in [1.82, 2.24) is 9.78 Å². The van der Waals surface area contributed by atoms with Gasteiger partial charge in [-0.3, -0.25) is 4.79 Å². The molecular formula is C16H19BrN2O. The number of nitrogens with zero attached hydrogens (tertiary/aromatic N) is 2. The maximum absolute atomic E-state index is 11.3. The minimum atomic E-state index is 0.142. The monoisotopic (exact) mass is 334 g/mol. The molecule has 0 aliphatic heterocycles. The molecular weight excluding hydrogens is 316 g/mol. The van der Waals surface area contributed by atoms with E-state index in [0.29, 0.717) is 12.3 Å². The average Bonchev–Trinajstić information content (AvgIpc) is 2.66. The Morgan fingerprint density at radius 3 is 2.40 bits per heavy atom. The highest BCUT2D eigenvalue weighted by atomic mass is 79.9. The van der Waals surface area contributed by atoms with Crippen molar-refractivity contribution in [3.05, 3.63) is 45.7 Å². The van der Waals surface area contributed by atoms with Gasteiger partial charge in [0.25, 0.3) is 0 Å². The summed E-state index contributed by atoms with van der Waals surface area (Å²) in [6, 6.07) is 8.36. The number of ketones is 1. The van der Waals surface area contributed by atoms with E-state index in [4.69, 9.17) is 0 Å². The summed E-state index contributed by atoms with van der Waals surface area (Å²) in [5.41, 5.74) is 4.15. The summed E-state index contributed by atoms with van der Waals surface area (Å²) in [7, 11) is 0. The molecule has 0 spiro atoms. The first kappa shape index (κ1) is 15.0. The van der Waals surface area contributed by atoms with Crippen molar-refractivity contribution in [3.63, 3.8) is 0 Å². The van der Waals surface area contributed by atoms with Crippen LogP contribution in [0.1, 0.15) is 43.5 Å². The number of hydrogen-bond acceptors (Lipinski definition) is 2. The van der Waals surface area contributed by atoms with Crippen LogP contribution in [-0.2, 0) is 11.2 Å². The largest absolute Gasteiger partial charge is 0.300 e. The topological polar surface area (TPSA) is 34.9 Å². The molecule has 0 fully saturated rings. The van der Waals surface area contributed by atoms with Crippen LogP contribution in [-0.4, -0.2) is 15.6 Å². The molecule has 0 atom stereocenters. The second-order valence-corrected chi connectivity index (χ2v) is 6.14. The van der Waals surface area contributed by atoms with E-state index in [1.807, 2.05) is 11.6 Å². The van der Waals surface area contributed by atoms with Crippen molar-refractivity contribution in [2.24, 2.45) is 0 Å². The third kappa shape index (κ3) is 3.01. The Bertz CT molecular complexity index is 627. The quantitative estimate of drug-likeness (QED) is 0.839. The van der Waals surface area contributed by atoms with Crippen molar-refractivity contribution < 1.29 is 4.79 Å². The molecule has 0 aliphatic rings. The number of carbonyl (C=O) groups is 1. The van der Waals surface area contributed by atoms with Crippen molar-refractivity contribution >= 4 is 21.7 Å². The van der Waals surface area contributed by atoms with Crippen LogP contribution in [0.4, 0.5) is 0 Å². The summed E-state index contributed by atoms with van der Waals surface area (Å²) in [6.45, 7) is 7.88. The summed E-state index contributed by atoms with van der Waals surface area (Å²) in [6.07, 6.45) is 0.413. The summed E-state index contributed by atoms with van der Waals surface area (Å²) < 4.78 is 2.71. The van der Waals surface area contributed by atoms with Gasteiger partial charge in [-0.2, -0.15) is 5.10 Å². The van der Waals surface area contributed by atoms with Crippen LogP contribution < -0.4 is 0 Å². The second-order valence-electron chi connectivity index (χ2n) is 5.39. The van der Waals surface area contributed by atoms with E-state index >= 15 is 0 Å². The first-order valence-electron chi connectivity index (χ1n) is 6.74. The molecule has 2 aromatic rings. The molecule has 106 valence electrons. The van der Waals surface area contributed by atoms with Gasteiger partial charge in [0.15, 0.2) is 0 Å². The molecule has 1 aromatic carbocycles. The van der Waals surface area contributed by atoms with E-state index in [9.17, 15) is 4.79 Å². The zero-order valence-electron chi connectivity index (χ0n) is 12.3. The number of Topliss-reactive ketones (excluding diaryl/α,β-unsaturated/α-hetero) is 1. The Morgan fingerprint density at radius 1 is 1.30 bits per heavy atom. The van der Waals surface area contributed by atoms with E-state index in [1.165, 1.54) is 5.56 Å². The maximum atomic E-state index is 11.3. The number of rotatable bonds is 4. The molecule has 0 unspecified atom stereocenters. The van der Waals surface area contributed by atoms with E-state index in [1.54, 1.807) is 6.92 Å². The molecule has 20 heavy (non-hydrogen) atoms. The first-order valence-corrected chi connectivity index (χ1v) is 7.53. The molecule has 1 aromatic heterocycles. The van der Waals surface area contributed by atoms with Crippen LogP contribution in [0.25, 0.3) is 5.69 Å². The first-order chi connectivity index (χ1) is 9.40. The van der Waals surface area contributed by atoms with Gasteiger partial charge in [0.1, 0.15) is 10.4 Å². The van der Waals surface area contributed by atoms with Gasteiger partial charge in [0.05, 0.1) is 11.4 Å². The number of benzene rings is 1. The minimum absolute atomic E-state index is 0.142. The van der Waals surface area contributed by atoms with E-state index in [2.05, 4.69) is 59.1 Å². The standard InChI is InChI=1S/C16H19BrN2O/c1-10(2)13-5-7-14(8-6-13)19-16(17)15(9-11(3)20)12(4)18-19/h5-8,10H,9H2,1-4H3. The number of halogens is 1. The fourth-order valence-corrected chi connectivity index (χ4v) is 2.86. The van der Waals surface area contributed by atoms with Crippen molar-refractivity contribution in [3.8, 4) is 5.69 Å². The Morgan fingerprint density at radius 2 is 1.90 bits per heavy atom. The van der Waals surface area contributed by atoms with Crippen LogP contribution >= 0.6 is 15.9 Å². The fraction of sp³-hybridized carbons (Fsp3) is 0.375. The number of aryl methyl sites for hydroxylation is 1. The molecule has 0 aliphatic carbocycles. The highest BCUT2D eigenvalue weighted by Crippen LogP contribution is 2.25. The van der Waals surface area contributed by atoms with Crippen molar-refractivity contribution in [2.75, 3.05) is 0 Å². The highest BCUT2D eigenvalue weighted by molar-refractivity contribution is 9.10. The summed E-state index contributed by atoms with van der Waals surface area (Å²) in [5, 5.41) is 4.53. The predicted octanol–water partition coefficient (Wildman–Crippen LogP) is 4.20. The number of carbonyl (C=O) groups excluding carboxylic acids is 1. The SMILES string of the molecule is CC(=O)Cc1c(C)nn(-c2ccc(C(C)C)cc2)c1Br. The third-order valence-electron chi connectivity index (χ3n) is 3.35. The van der Waals surface area contributed by atoms with E-state index in [-0.39, 0.29) is 5.78 Å². The zero-order chi connectivity index (χ0) is 14.9. The van der Waals surface area contributed by atoms with E-state index in [0.717, 1.165) is 21.5 Å². The molecule has 0 amide bonds. The fourth-order valence-electron chi connectivity index (χ4n) is 2.15. The van der Waals surface area contributed by atoms with Gasteiger partial charge in [-0.05, 0) is 53.4 Å².